The van der Waals surface area contributed by atoms with E-state index >= 15 is 0 Å². The summed E-state index contributed by atoms with van der Waals surface area (Å²) in [5, 5.41) is 7.60. The number of hydrogen-bond acceptors (Lipinski definition) is 4. The minimum atomic E-state index is -0.0735. The van der Waals surface area contributed by atoms with E-state index in [1.165, 1.54) is 17.6 Å². The highest BCUT2D eigenvalue weighted by atomic mass is 79.9. The maximum absolute atomic E-state index is 12.0. The van der Waals surface area contributed by atoms with Gasteiger partial charge in [0.25, 0.3) is 5.56 Å². The van der Waals surface area contributed by atoms with Gasteiger partial charge in [-0.05, 0) is 48.8 Å². The zero-order valence-corrected chi connectivity index (χ0v) is 13.1. The van der Waals surface area contributed by atoms with Crippen molar-refractivity contribution < 1.29 is 0 Å². The Labute approximate surface area is 122 Å². The number of aryl methyl sites for hydroxylation is 1. The molecule has 1 N–H and O–H groups in total. The second-order valence-corrected chi connectivity index (χ2v) is 5.66. The van der Waals surface area contributed by atoms with E-state index in [0.717, 1.165) is 25.2 Å². The van der Waals surface area contributed by atoms with Crippen molar-refractivity contribution in [3.63, 3.8) is 0 Å². The van der Waals surface area contributed by atoms with Crippen LogP contribution < -0.4 is 10.9 Å². The molecule has 1 fully saturated rings. The number of piperidine rings is 1. The molecule has 0 saturated carbocycles. The highest BCUT2D eigenvalue weighted by Gasteiger charge is 2.20. The van der Waals surface area contributed by atoms with Crippen LogP contribution >= 0.6 is 15.9 Å². The van der Waals surface area contributed by atoms with E-state index in [9.17, 15) is 4.79 Å². The van der Waals surface area contributed by atoms with Gasteiger partial charge in [0.15, 0.2) is 0 Å². The minimum absolute atomic E-state index is 0.0735. The van der Waals surface area contributed by atoms with Crippen LogP contribution in [0, 0.1) is 0 Å². The summed E-state index contributed by atoms with van der Waals surface area (Å²) in [6.45, 7) is 7.96. The lowest BCUT2D eigenvalue weighted by atomic mass is 10.1. The van der Waals surface area contributed by atoms with E-state index in [1.54, 1.807) is 6.20 Å². The van der Waals surface area contributed by atoms with Gasteiger partial charge in [0.2, 0.25) is 0 Å². The zero-order chi connectivity index (χ0) is 13.8. The number of rotatable bonds is 4. The normalized spacial score (nSPS) is 20.5. The SMILES string of the molecule is CCN1CCCC(Nc2cnn(CC)c(=O)c2Br)C1. The Hall–Kier alpha value is -0.880. The highest BCUT2D eigenvalue weighted by Crippen LogP contribution is 2.20. The molecule has 5 nitrogen and oxygen atoms in total. The molecule has 2 rings (SSSR count). The van der Waals surface area contributed by atoms with Crippen molar-refractivity contribution in [3.05, 3.63) is 21.0 Å². The van der Waals surface area contributed by atoms with Gasteiger partial charge >= 0.3 is 0 Å². The van der Waals surface area contributed by atoms with Gasteiger partial charge in [-0.3, -0.25) is 4.79 Å². The fourth-order valence-corrected chi connectivity index (χ4v) is 2.89. The van der Waals surface area contributed by atoms with Gasteiger partial charge in [-0.1, -0.05) is 6.92 Å². The van der Waals surface area contributed by atoms with Crippen molar-refractivity contribution in [3.8, 4) is 0 Å². The Morgan fingerprint density at radius 2 is 2.26 bits per heavy atom. The van der Waals surface area contributed by atoms with Gasteiger partial charge in [-0.15, -0.1) is 0 Å². The average Bonchev–Trinajstić information content (AvgIpc) is 2.44. The predicted molar refractivity (Wildman–Crippen MR) is 80.6 cm³/mol. The third kappa shape index (κ3) is 3.36. The fourth-order valence-electron chi connectivity index (χ4n) is 2.47. The largest absolute Gasteiger partial charge is 0.379 e. The average molecular weight is 329 g/mol. The molecular weight excluding hydrogens is 308 g/mol. The van der Waals surface area contributed by atoms with Crippen LogP contribution in [0.5, 0.6) is 0 Å². The number of anilines is 1. The van der Waals surface area contributed by atoms with Gasteiger partial charge in [0.1, 0.15) is 4.47 Å². The molecule has 1 aromatic rings. The van der Waals surface area contributed by atoms with Crippen LogP contribution in [0.4, 0.5) is 5.69 Å². The molecule has 0 bridgehead atoms. The Morgan fingerprint density at radius 3 is 2.95 bits per heavy atom. The van der Waals surface area contributed by atoms with Gasteiger partial charge in [0, 0.05) is 19.1 Å². The molecule has 2 heterocycles. The van der Waals surface area contributed by atoms with Gasteiger partial charge in [0.05, 0.1) is 11.9 Å². The predicted octanol–water partition coefficient (Wildman–Crippen LogP) is 1.92. The Kier molecular flexibility index (Phi) is 4.99. The number of nitrogens with one attached hydrogen (secondary N) is 1. The molecule has 0 aromatic carbocycles. The van der Waals surface area contributed by atoms with Crippen molar-refractivity contribution in [2.45, 2.75) is 39.3 Å². The summed E-state index contributed by atoms with van der Waals surface area (Å²) in [4.78, 5) is 14.4. The molecule has 1 aliphatic heterocycles. The molecule has 19 heavy (non-hydrogen) atoms. The topological polar surface area (TPSA) is 50.2 Å². The van der Waals surface area contributed by atoms with Crippen LogP contribution in [0.15, 0.2) is 15.5 Å². The van der Waals surface area contributed by atoms with Crippen molar-refractivity contribution in [2.75, 3.05) is 25.0 Å². The van der Waals surface area contributed by atoms with E-state index in [-0.39, 0.29) is 5.56 Å². The van der Waals surface area contributed by atoms with E-state index in [2.05, 4.69) is 38.2 Å². The summed E-state index contributed by atoms with van der Waals surface area (Å²) >= 11 is 3.38. The van der Waals surface area contributed by atoms with Crippen molar-refractivity contribution in [1.29, 1.82) is 0 Å². The summed E-state index contributed by atoms with van der Waals surface area (Å²) < 4.78 is 2.03. The van der Waals surface area contributed by atoms with Crippen LogP contribution in [-0.4, -0.2) is 40.4 Å². The molecular formula is C13H21BrN4O. The lowest BCUT2D eigenvalue weighted by Crippen LogP contribution is -2.42. The molecule has 1 atom stereocenters. The first-order valence-electron chi connectivity index (χ1n) is 6.90. The maximum Gasteiger partial charge on any atom is 0.283 e. The molecule has 1 aliphatic rings. The smallest absolute Gasteiger partial charge is 0.283 e. The third-order valence-electron chi connectivity index (χ3n) is 3.60. The molecule has 1 unspecified atom stereocenters. The van der Waals surface area contributed by atoms with Crippen LogP contribution in [-0.2, 0) is 6.54 Å². The first kappa shape index (κ1) is 14.5. The first-order valence-corrected chi connectivity index (χ1v) is 7.69. The third-order valence-corrected chi connectivity index (χ3v) is 4.36. The summed E-state index contributed by atoms with van der Waals surface area (Å²) in [6, 6.07) is 0.392. The van der Waals surface area contributed by atoms with Crippen LogP contribution in [0.1, 0.15) is 26.7 Å². The second kappa shape index (κ2) is 6.52. The fraction of sp³-hybridized carbons (Fsp3) is 0.692. The van der Waals surface area contributed by atoms with E-state index in [4.69, 9.17) is 0 Å². The number of nitrogens with zero attached hydrogens (tertiary/aromatic N) is 3. The van der Waals surface area contributed by atoms with Crippen molar-refractivity contribution in [1.82, 2.24) is 14.7 Å². The molecule has 1 aromatic heterocycles. The standard InChI is InChI=1S/C13H21BrN4O/c1-3-17-7-5-6-10(9-17)16-11-8-15-18(4-2)13(19)12(11)14/h8,10,16H,3-7,9H2,1-2H3. The number of likely N-dealkylation sites (tertiary alicyclic amines) is 1. The number of halogens is 1. The monoisotopic (exact) mass is 328 g/mol. The number of aromatic nitrogens is 2. The van der Waals surface area contributed by atoms with E-state index < -0.39 is 0 Å². The van der Waals surface area contributed by atoms with E-state index in [1.807, 2.05) is 6.92 Å². The first-order chi connectivity index (χ1) is 9.15. The number of hydrogen-bond donors (Lipinski definition) is 1. The van der Waals surface area contributed by atoms with Crippen molar-refractivity contribution >= 4 is 21.6 Å². The lowest BCUT2D eigenvalue weighted by molar-refractivity contribution is 0.227. The summed E-state index contributed by atoms with van der Waals surface area (Å²) in [6.07, 6.45) is 4.07. The zero-order valence-electron chi connectivity index (χ0n) is 11.5. The summed E-state index contributed by atoms with van der Waals surface area (Å²) in [5.41, 5.74) is 0.730. The molecule has 0 spiro atoms. The Balaban J connectivity index is 2.11. The lowest BCUT2D eigenvalue weighted by Gasteiger charge is -2.32. The quantitative estimate of drug-likeness (QED) is 0.917. The Morgan fingerprint density at radius 1 is 1.47 bits per heavy atom. The summed E-state index contributed by atoms with van der Waals surface area (Å²) in [5.74, 6) is 0. The summed E-state index contributed by atoms with van der Waals surface area (Å²) in [7, 11) is 0. The van der Waals surface area contributed by atoms with Gasteiger partial charge in [-0.2, -0.15) is 5.10 Å². The maximum atomic E-state index is 12.0. The van der Waals surface area contributed by atoms with Crippen LogP contribution in [0.2, 0.25) is 0 Å². The molecule has 0 radical (unpaired) electrons. The second-order valence-electron chi connectivity index (χ2n) is 4.87. The van der Waals surface area contributed by atoms with Crippen LogP contribution in [0.25, 0.3) is 0 Å². The van der Waals surface area contributed by atoms with Gasteiger partial charge in [-0.25, -0.2) is 4.68 Å². The molecule has 106 valence electrons. The van der Waals surface area contributed by atoms with Gasteiger partial charge < -0.3 is 10.2 Å². The molecule has 0 aliphatic carbocycles. The number of likely N-dealkylation sites (N-methyl/N-ethyl adjacent to an activating group) is 1. The Bertz CT molecular complexity index is 488. The molecule has 1 saturated heterocycles. The van der Waals surface area contributed by atoms with Crippen LogP contribution in [0.3, 0.4) is 0 Å². The minimum Gasteiger partial charge on any atom is -0.379 e. The van der Waals surface area contributed by atoms with Crippen molar-refractivity contribution in [2.24, 2.45) is 0 Å². The molecule has 0 amide bonds. The highest BCUT2D eigenvalue weighted by molar-refractivity contribution is 9.10. The molecule has 6 heteroatoms. The van der Waals surface area contributed by atoms with E-state index in [0.29, 0.717) is 17.1 Å².